The van der Waals surface area contributed by atoms with Crippen molar-refractivity contribution in [2.75, 3.05) is 0 Å². The monoisotopic (exact) mass is 322 g/mol. The molecule has 3 heterocycles. The number of imidazole rings is 1. The van der Waals surface area contributed by atoms with Crippen LogP contribution in [0, 0.1) is 6.92 Å². The van der Waals surface area contributed by atoms with Crippen LogP contribution in [0.3, 0.4) is 0 Å². The van der Waals surface area contributed by atoms with Gasteiger partial charge in [-0.2, -0.15) is 0 Å². The number of thiazole rings is 1. The molecule has 0 radical (unpaired) electrons. The summed E-state index contributed by atoms with van der Waals surface area (Å²) >= 11 is 1.22. The molecule has 0 aliphatic heterocycles. The molecule has 0 N–H and O–H groups in total. The van der Waals surface area contributed by atoms with Gasteiger partial charge in [0.05, 0.1) is 17.9 Å². The number of hydrogen-bond acceptors (Lipinski definition) is 4. The lowest BCUT2D eigenvalue weighted by atomic mass is 10.1. The number of aryl methyl sites for hydroxylation is 1. The lowest BCUT2D eigenvalue weighted by molar-refractivity contribution is 0.774. The average molecular weight is 322 g/mol. The van der Waals surface area contributed by atoms with Gasteiger partial charge in [0.1, 0.15) is 0 Å². The Labute approximate surface area is 136 Å². The van der Waals surface area contributed by atoms with Crippen molar-refractivity contribution in [2.24, 2.45) is 0 Å². The Kier molecular flexibility index (Phi) is 3.31. The molecule has 0 saturated heterocycles. The van der Waals surface area contributed by atoms with Crippen LogP contribution >= 0.6 is 11.3 Å². The Bertz CT molecular complexity index is 1010. The van der Waals surface area contributed by atoms with Crippen LogP contribution in [0.5, 0.6) is 0 Å². The molecule has 4 rings (SSSR count). The molecule has 114 valence electrons. The molecular weight excluding hydrogens is 308 g/mol. The smallest absolute Gasteiger partial charge is 0.293 e. The quantitative estimate of drug-likeness (QED) is 0.583. The van der Waals surface area contributed by atoms with Crippen molar-refractivity contribution in [3.8, 4) is 11.3 Å². The van der Waals surface area contributed by atoms with Gasteiger partial charge in [0, 0.05) is 29.5 Å². The lowest BCUT2D eigenvalue weighted by Crippen LogP contribution is -2.15. The van der Waals surface area contributed by atoms with E-state index in [-0.39, 0.29) is 4.87 Å². The second-order valence-corrected chi connectivity index (χ2v) is 6.17. The number of hydrogen-bond donors (Lipinski definition) is 0. The summed E-state index contributed by atoms with van der Waals surface area (Å²) in [5.74, 6) is 0.642. The Morgan fingerprint density at radius 1 is 1.22 bits per heavy atom. The van der Waals surface area contributed by atoms with Gasteiger partial charge in [-0.1, -0.05) is 35.6 Å². The van der Waals surface area contributed by atoms with Crippen LogP contribution in [0.15, 0.2) is 59.1 Å². The maximum absolute atomic E-state index is 12.3. The molecule has 0 bridgehead atoms. The standard InChI is InChI=1S/C17H14N4OS/c1-12-5-2-3-6-14(12)15-11-23-17(22)21(15)10-13-9-20-8-4-7-18-16(20)19-13/h2-9,11H,10H2,1H3. The van der Waals surface area contributed by atoms with Crippen LogP contribution in [-0.4, -0.2) is 18.9 Å². The van der Waals surface area contributed by atoms with Crippen molar-refractivity contribution in [1.29, 1.82) is 0 Å². The van der Waals surface area contributed by atoms with Crippen molar-refractivity contribution in [1.82, 2.24) is 18.9 Å². The average Bonchev–Trinajstić information content (AvgIpc) is 3.12. The molecule has 23 heavy (non-hydrogen) atoms. The molecule has 4 aromatic rings. The van der Waals surface area contributed by atoms with Gasteiger partial charge in [0.2, 0.25) is 5.78 Å². The molecule has 1 aromatic carbocycles. The Balaban J connectivity index is 1.79. The zero-order chi connectivity index (χ0) is 15.8. The van der Waals surface area contributed by atoms with E-state index in [4.69, 9.17) is 0 Å². The zero-order valence-corrected chi connectivity index (χ0v) is 13.3. The molecule has 0 spiro atoms. The van der Waals surface area contributed by atoms with E-state index in [1.54, 1.807) is 10.8 Å². The molecule has 6 heteroatoms. The van der Waals surface area contributed by atoms with E-state index in [1.807, 2.05) is 46.4 Å². The number of aromatic nitrogens is 4. The van der Waals surface area contributed by atoms with Gasteiger partial charge in [0.15, 0.2) is 0 Å². The van der Waals surface area contributed by atoms with Crippen molar-refractivity contribution in [3.05, 3.63) is 75.2 Å². The van der Waals surface area contributed by atoms with Crippen molar-refractivity contribution >= 4 is 17.1 Å². The molecule has 3 aromatic heterocycles. The van der Waals surface area contributed by atoms with Crippen LogP contribution in [0.2, 0.25) is 0 Å². The van der Waals surface area contributed by atoms with Crippen LogP contribution in [0.4, 0.5) is 0 Å². The Morgan fingerprint density at radius 2 is 2.09 bits per heavy atom. The molecule has 0 aliphatic carbocycles. The minimum absolute atomic E-state index is 0.0215. The van der Waals surface area contributed by atoms with Gasteiger partial charge in [-0.05, 0) is 18.6 Å². The first kappa shape index (κ1) is 13.9. The Morgan fingerprint density at radius 3 is 2.91 bits per heavy atom. The van der Waals surface area contributed by atoms with E-state index in [1.165, 1.54) is 11.3 Å². The predicted octanol–water partition coefficient (Wildman–Crippen LogP) is 2.98. The third-order valence-electron chi connectivity index (χ3n) is 3.81. The second kappa shape index (κ2) is 5.48. The van der Waals surface area contributed by atoms with Crippen molar-refractivity contribution < 1.29 is 0 Å². The highest BCUT2D eigenvalue weighted by Gasteiger charge is 2.13. The third-order valence-corrected chi connectivity index (χ3v) is 4.57. The molecule has 0 atom stereocenters. The van der Waals surface area contributed by atoms with E-state index >= 15 is 0 Å². The first-order valence-electron chi connectivity index (χ1n) is 7.25. The normalized spacial score (nSPS) is 11.2. The highest BCUT2D eigenvalue weighted by atomic mass is 32.1. The topological polar surface area (TPSA) is 52.2 Å². The summed E-state index contributed by atoms with van der Waals surface area (Å²) in [5.41, 5.74) is 3.98. The van der Waals surface area contributed by atoms with Crippen molar-refractivity contribution in [2.45, 2.75) is 13.5 Å². The van der Waals surface area contributed by atoms with E-state index in [0.29, 0.717) is 12.3 Å². The van der Waals surface area contributed by atoms with E-state index in [9.17, 15) is 4.79 Å². The minimum atomic E-state index is 0.0215. The first-order valence-corrected chi connectivity index (χ1v) is 8.13. The lowest BCUT2D eigenvalue weighted by Gasteiger charge is -2.08. The fraction of sp³-hybridized carbons (Fsp3) is 0.118. The van der Waals surface area contributed by atoms with E-state index in [2.05, 4.69) is 23.0 Å². The summed E-state index contributed by atoms with van der Waals surface area (Å²) in [6.07, 6.45) is 5.52. The number of fused-ring (bicyclic) bond motifs is 1. The largest absolute Gasteiger partial charge is 0.307 e. The predicted molar refractivity (Wildman–Crippen MR) is 90.8 cm³/mol. The molecule has 0 unspecified atom stereocenters. The fourth-order valence-corrected chi connectivity index (χ4v) is 3.43. The number of benzene rings is 1. The van der Waals surface area contributed by atoms with Crippen LogP contribution in [0.25, 0.3) is 17.0 Å². The molecular formula is C17H14N4OS. The highest BCUT2D eigenvalue weighted by molar-refractivity contribution is 7.07. The molecule has 0 saturated carbocycles. The third kappa shape index (κ3) is 2.47. The SMILES string of the molecule is Cc1ccccc1-c1csc(=O)n1Cc1cn2cccnc2n1. The summed E-state index contributed by atoms with van der Waals surface area (Å²) in [4.78, 5) is 21.0. The molecule has 0 fully saturated rings. The van der Waals surface area contributed by atoms with Crippen molar-refractivity contribution in [3.63, 3.8) is 0 Å². The van der Waals surface area contributed by atoms with Gasteiger partial charge in [-0.25, -0.2) is 9.97 Å². The van der Waals surface area contributed by atoms with E-state index < -0.39 is 0 Å². The summed E-state index contributed by atoms with van der Waals surface area (Å²) in [5, 5.41) is 1.92. The summed E-state index contributed by atoms with van der Waals surface area (Å²) < 4.78 is 3.63. The summed E-state index contributed by atoms with van der Waals surface area (Å²) in [7, 11) is 0. The zero-order valence-electron chi connectivity index (χ0n) is 12.5. The molecule has 0 amide bonds. The van der Waals surface area contributed by atoms with Gasteiger partial charge in [-0.3, -0.25) is 13.8 Å². The van der Waals surface area contributed by atoms with Gasteiger partial charge in [0.25, 0.3) is 0 Å². The Hall–Kier alpha value is -2.73. The number of nitrogens with zero attached hydrogens (tertiary/aromatic N) is 4. The van der Waals surface area contributed by atoms with Gasteiger partial charge in [-0.15, -0.1) is 0 Å². The fourth-order valence-electron chi connectivity index (χ4n) is 2.67. The molecule has 5 nitrogen and oxygen atoms in total. The summed E-state index contributed by atoms with van der Waals surface area (Å²) in [6, 6.07) is 9.94. The maximum Gasteiger partial charge on any atom is 0.307 e. The van der Waals surface area contributed by atoms with Gasteiger partial charge >= 0.3 is 4.87 Å². The maximum atomic E-state index is 12.3. The van der Waals surface area contributed by atoms with Crippen LogP contribution < -0.4 is 4.87 Å². The first-order chi connectivity index (χ1) is 11.2. The summed E-state index contributed by atoms with van der Waals surface area (Å²) in [6.45, 7) is 2.49. The van der Waals surface area contributed by atoms with E-state index in [0.717, 1.165) is 22.5 Å². The highest BCUT2D eigenvalue weighted by Crippen LogP contribution is 2.24. The minimum Gasteiger partial charge on any atom is -0.293 e. The van der Waals surface area contributed by atoms with Gasteiger partial charge < -0.3 is 0 Å². The molecule has 0 aliphatic rings. The van der Waals surface area contributed by atoms with Crippen LogP contribution in [0.1, 0.15) is 11.3 Å². The van der Waals surface area contributed by atoms with Crippen LogP contribution in [-0.2, 0) is 6.54 Å². The number of rotatable bonds is 3. The second-order valence-electron chi connectivity index (χ2n) is 5.35.